The van der Waals surface area contributed by atoms with Gasteiger partial charge in [0.2, 0.25) is 0 Å². The molecule has 0 saturated carbocycles. The number of ether oxygens (including phenoxy) is 1. The third kappa shape index (κ3) is 4.81. The molecule has 28 heavy (non-hydrogen) atoms. The zero-order chi connectivity index (χ0) is 20.5. The van der Waals surface area contributed by atoms with Crippen molar-refractivity contribution in [3.05, 3.63) is 27.6 Å². The number of likely N-dealkylation sites (tertiary alicyclic amines) is 1. The van der Waals surface area contributed by atoms with Crippen LogP contribution in [0.5, 0.6) is 0 Å². The molecule has 0 spiro atoms. The van der Waals surface area contributed by atoms with E-state index in [4.69, 9.17) is 10.5 Å². The summed E-state index contributed by atoms with van der Waals surface area (Å²) < 4.78 is 6.36. The van der Waals surface area contributed by atoms with E-state index in [0.29, 0.717) is 30.0 Å². The number of carbonyl (C=O) groups excluding carboxylic acids is 2. The number of hydrogen-bond acceptors (Lipinski definition) is 6. The molecular formula is C19H24IN5O3. The van der Waals surface area contributed by atoms with Crippen LogP contribution in [-0.2, 0) is 4.74 Å². The number of nitrogens with two attached hydrogens (primary N) is 1. The molecule has 2 aromatic rings. The van der Waals surface area contributed by atoms with Crippen molar-refractivity contribution in [3.8, 4) is 0 Å². The van der Waals surface area contributed by atoms with Crippen molar-refractivity contribution < 1.29 is 14.3 Å². The van der Waals surface area contributed by atoms with E-state index < -0.39 is 11.5 Å². The maximum Gasteiger partial charge on any atom is 0.410 e. The quantitative estimate of drug-likeness (QED) is 0.631. The molecule has 1 aliphatic rings. The number of fused-ring (bicyclic) bond motifs is 1. The third-order valence-corrected chi connectivity index (χ3v) is 5.01. The third-order valence-electron chi connectivity index (χ3n) is 4.38. The van der Waals surface area contributed by atoms with Crippen LogP contribution in [0.15, 0.2) is 18.5 Å². The number of benzene rings is 1. The fraction of sp³-hybridized carbons (Fsp3) is 0.474. The average Bonchev–Trinajstić information content (AvgIpc) is 2.60. The summed E-state index contributed by atoms with van der Waals surface area (Å²) >= 11 is 2.14. The fourth-order valence-corrected chi connectivity index (χ4v) is 3.84. The number of primary amides is 1. The number of anilines is 1. The molecule has 3 rings (SSSR count). The number of piperidine rings is 1. The van der Waals surface area contributed by atoms with Crippen molar-refractivity contribution in [1.82, 2.24) is 14.9 Å². The first-order valence-electron chi connectivity index (χ1n) is 9.12. The van der Waals surface area contributed by atoms with Crippen LogP contribution in [0.25, 0.3) is 10.9 Å². The molecule has 0 bridgehead atoms. The molecule has 150 valence electrons. The highest BCUT2D eigenvalue weighted by molar-refractivity contribution is 14.1. The number of carbonyl (C=O) groups is 2. The van der Waals surface area contributed by atoms with E-state index in [-0.39, 0.29) is 12.1 Å². The Morgan fingerprint density at radius 1 is 1.32 bits per heavy atom. The summed E-state index contributed by atoms with van der Waals surface area (Å²) in [4.78, 5) is 34.5. The van der Waals surface area contributed by atoms with Crippen molar-refractivity contribution in [2.75, 3.05) is 18.4 Å². The van der Waals surface area contributed by atoms with E-state index in [0.717, 1.165) is 21.8 Å². The van der Waals surface area contributed by atoms with Gasteiger partial charge in [-0.3, -0.25) is 4.79 Å². The summed E-state index contributed by atoms with van der Waals surface area (Å²) in [5.41, 5.74) is 5.86. The standard InChI is InChI=1S/C19H24IN5O3/c1-19(2,3)28-18(27)25-6-4-5-12(9-25)24-17-14-8-11(20)7-13(16(21)26)15(14)22-10-23-17/h7-8,10,12H,4-6,9H2,1-3H3,(H2,21,26)(H,22,23,24)/t12-/m0/s1. The second-order valence-corrected chi connectivity index (χ2v) is 9.09. The van der Waals surface area contributed by atoms with Gasteiger partial charge in [0, 0.05) is 28.1 Å². The van der Waals surface area contributed by atoms with Gasteiger partial charge >= 0.3 is 6.09 Å². The first-order chi connectivity index (χ1) is 13.1. The maximum atomic E-state index is 12.4. The topological polar surface area (TPSA) is 110 Å². The number of nitrogens with zero attached hydrogens (tertiary/aromatic N) is 3. The van der Waals surface area contributed by atoms with Crippen molar-refractivity contribution in [1.29, 1.82) is 0 Å². The summed E-state index contributed by atoms with van der Waals surface area (Å²) in [5, 5.41) is 4.14. The molecule has 0 aliphatic carbocycles. The van der Waals surface area contributed by atoms with Crippen LogP contribution >= 0.6 is 22.6 Å². The molecular weight excluding hydrogens is 473 g/mol. The highest BCUT2D eigenvalue weighted by Gasteiger charge is 2.28. The van der Waals surface area contributed by atoms with Crippen molar-refractivity contribution in [2.45, 2.75) is 45.3 Å². The predicted octanol–water partition coefficient (Wildman–Crippen LogP) is 3.14. The summed E-state index contributed by atoms with van der Waals surface area (Å²) in [6.45, 7) is 6.76. The molecule has 9 heteroatoms. The fourth-order valence-electron chi connectivity index (χ4n) is 3.22. The van der Waals surface area contributed by atoms with Crippen LogP contribution in [0.4, 0.5) is 10.6 Å². The number of aromatic nitrogens is 2. The monoisotopic (exact) mass is 497 g/mol. The number of rotatable bonds is 3. The first-order valence-corrected chi connectivity index (χ1v) is 10.2. The largest absolute Gasteiger partial charge is 0.444 e. The first kappa shape index (κ1) is 20.6. The minimum absolute atomic E-state index is 0.0225. The smallest absolute Gasteiger partial charge is 0.410 e. The molecule has 2 heterocycles. The highest BCUT2D eigenvalue weighted by atomic mass is 127. The van der Waals surface area contributed by atoms with Crippen LogP contribution < -0.4 is 11.1 Å². The van der Waals surface area contributed by atoms with Crippen molar-refractivity contribution >= 4 is 51.3 Å². The second-order valence-electron chi connectivity index (χ2n) is 7.85. The van der Waals surface area contributed by atoms with Gasteiger partial charge in [-0.1, -0.05) is 0 Å². The minimum atomic E-state index is -0.526. The van der Waals surface area contributed by atoms with Gasteiger partial charge in [-0.15, -0.1) is 0 Å². The minimum Gasteiger partial charge on any atom is -0.444 e. The molecule has 0 unspecified atom stereocenters. The normalized spacial score (nSPS) is 17.4. The van der Waals surface area contributed by atoms with Gasteiger partial charge < -0.3 is 20.7 Å². The van der Waals surface area contributed by atoms with Crippen LogP contribution in [0.3, 0.4) is 0 Å². The van der Waals surface area contributed by atoms with Gasteiger partial charge in [-0.25, -0.2) is 14.8 Å². The van der Waals surface area contributed by atoms with E-state index in [1.165, 1.54) is 6.33 Å². The van der Waals surface area contributed by atoms with Gasteiger partial charge in [0.25, 0.3) is 5.91 Å². The van der Waals surface area contributed by atoms with Crippen LogP contribution in [0.1, 0.15) is 44.0 Å². The zero-order valence-corrected chi connectivity index (χ0v) is 18.3. The molecule has 0 radical (unpaired) electrons. The number of amides is 2. The Morgan fingerprint density at radius 2 is 2.07 bits per heavy atom. The molecule has 1 aromatic carbocycles. The lowest BCUT2D eigenvalue weighted by molar-refractivity contribution is 0.0206. The molecule has 3 N–H and O–H groups in total. The van der Waals surface area contributed by atoms with Crippen molar-refractivity contribution in [3.63, 3.8) is 0 Å². The molecule has 1 atom stereocenters. The van der Waals surface area contributed by atoms with E-state index in [1.54, 1.807) is 11.0 Å². The predicted molar refractivity (Wildman–Crippen MR) is 115 cm³/mol. The van der Waals surface area contributed by atoms with Crippen LogP contribution in [-0.4, -0.2) is 51.6 Å². The summed E-state index contributed by atoms with van der Waals surface area (Å²) in [6, 6.07) is 3.65. The lowest BCUT2D eigenvalue weighted by Gasteiger charge is -2.34. The summed E-state index contributed by atoms with van der Waals surface area (Å²) in [7, 11) is 0. The van der Waals surface area contributed by atoms with Crippen LogP contribution in [0.2, 0.25) is 0 Å². The Morgan fingerprint density at radius 3 is 2.75 bits per heavy atom. The summed E-state index contributed by atoms with van der Waals surface area (Å²) in [6.07, 6.45) is 2.87. The molecule has 1 fully saturated rings. The molecule has 1 aliphatic heterocycles. The molecule has 2 amide bonds. The van der Waals surface area contributed by atoms with Gasteiger partial charge in [0.1, 0.15) is 17.7 Å². The Hall–Kier alpha value is -2.17. The Labute approximate surface area is 177 Å². The SMILES string of the molecule is CC(C)(C)OC(=O)N1CCC[C@H](Nc2ncnc3c(C(N)=O)cc(I)cc23)C1. The van der Waals surface area contributed by atoms with Gasteiger partial charge in [-0.05, 0) is 68.3 Å². The van der Waals surface area contributed by atoms with Crippen LogP contribution in [0, 0.1) is 3.57 Å². The Bertz CT molecular complexity index is 912. The number of halogens is 1. The van der Waals surface area contributed by atoms with Gasteiger partial charge in [-0.2, -0.15) is 0 Å². The lowest BCUT2D eigenvalue weighted by atomic mass is 10.1. The van der Waals surface area contributed by atoms with Gasteiger partial charge in [0.15, 0.2) is 0 Å². The summed E-state index contributed by atoms with van der Waals surface area (Å²) in [5.74, 6) is 0.101. The van der Waals surface area contributed by atoms with E-state index in [9.17, 15) is 9.59 Å². The second kappa shape index (κ2) is 8.06. The lowest BCUT2D eigenvalue weighted by Crippen LogP contribution is -2.47. The highest BCUT2D eigenvalue weighted by Crippen LogP contribution is 2.27. The zero-order valence-electron chi connectivity index (χ0n) is 16.2. The number of hydrogen-bond donors (Lipinski definition) is 2. The van der Waals surface area contributed by atoms with E-state index in [1.807, 2.05) is 26.8 Å². The molecule has 1 aromatic heterocycles. The maximum absolute atomic E-state index is 12.4. The number of nitrogens with one attached hydrogen (secondary N) is 1. The molecule has 1 saturated heterocycles. The Kier molecular flexibility index (Phi) is 5.92. The van der Waals surface area contributed by atoms with E-state index >= 15 is 0 Å². The van der Waals surface area contributed by atoms with Gasteiger partial charge in [0.05, 0.1) is 11.1 Å². The van der Waals surface area contributed by atoms with E-state index in [2.05, 4.69) is 37.9 Å². The van der Waals surface area contributed by atoms with Crippen molar-refractivity contribution in [2.24, 2.45) is 5.73 Å². The Balaban J connectivity index is 1.83. The average molecular weight is 497 g/mol. The molecule has 8 nitrogen and oxygen atoms in total.